The number of fused-ring (bicyclic) bond motifs is 1. The van der Waals surface area contributed by atoms with E-state index in [4.69, 9.17) is 0 Å². The van der Waals surface area contributed by atoms with Gasteiger partial charge in [0.2, 0.25) is 11.8 Å². The molecule has 2 heterocycles. The molecule has 1 fully saturated rings. The van der Waals surface area contributed by atoms with Crippen LogP contribution < -0.4 is 5.32 Å². The molecule has 1 aliphatic rings. The van der Waals surface area contributed by atoms with Crippen molar-refractivity contribution in [3.05, 3.63) is 36.0 Å². The molecular formula is C14H12N2O3. The van der Waals surface area contributed by atoms with Gasteiger partial charge in [-0.15, -0.1) is 0 Å². The van der Waals surface area contributed by atoms with Crippen LogP contribution in [-0.4, -0.2) is 22.7 Å². The highest BCUT2D eigenvalue weighted by Gasteiger charge is 2.28. The first kappa shape index (κ1) is 11.6. The first-order chi connectivity index (χ1) is 9.19. The van der Waals surface area contributed by atoms with Crippen molar-refractivity contribution in [3.8, 4) is 0 Å². The Hall–Kier alpha value is -2.43. The fraction of sp³-hybridized carbons (Fsp3) is 0.214. The Morgan fingerprint density at radius 1 is 1.26 bits per heavy atom. The fourth-order valence-corrected chi connectivity index (χ4v) is 2.46. The molecule has 5 heteroatoms. The maximum atomic E-state index is 11.9. The van der Waals surface area contributed by atoms with E-state index in [1.54, 1.807) is 12.1 Å². The highest BCUT2D eigenvalue weighted by atomic mass is 16.2. The highest BCUT2D eigenvalue weighted by Crippen LogP contribution is 2.25. The van der Waals surface area contributed by atoms with E-state index in [0.29, 0.717) is 18.4 Å². The fourth-order valence-electron chi connectivity index (χ4n) is 2.46. The molecule has 0 aliphatic carbocycles. The number of carbonyl (C=O) groups excluding carboxylic acids is 3. The number of rotatable bonds is 2. The molecular weight excluding hydrogens is 244 g/mol. The van der Waals surface area contributed by atoms with E-state index in [2.05, 4.69) is 5.32 Å². The van der Waals surface area contributed by atoms with Gasteiger partial charge in [-0.3, -0.25) is 19.7 Å². The molecule has 5 nitrogen and oxygen atoms in total. The zero-order valence-electron chi connectivity index (χ0n) is 10.1. The van der Waals surface area contributed by atoms with Gasteiger partial charge in [0.25, 0.3) is 0 Å². The lowest BCUT2D eigenvalue weighted by Gasteiger charge is -2.23. The molecule has 19 heavy (non-hydrogen) atoms. The normalized spacial score (nSPS) is 19.5. The largest absolute Gasteiger partial charge is 0.335 e. The lowest BCUT2D eigenvalue weighted by molar-refractivity contribution is -0.135. The third kappa shape index (κ3) is 1.93. The van der Waals surface area contributed by atoms with Crippen LogP contribution in [0.5, 0.6) is 0 Å². The molecule has 1 aliphatic heterocycles. The van der Waals surface area contributed by atoms with Gasteiger partial charge in [0.1, 0.15) is 12.3 Å². The van der Waals surface area contributed by atoms with Crippen molar-refractivity contribution < 1.29 is 14.4 Å². The molecule has 1 atom stereocenters. The van der Waals surface area contributed by atoms with Gasteiger partial charge in [0.15, 0.2) is 0 Å². The molecule has 3 rings (SSSR count). The van der Waals surface area contributed by atoms with Crippen molar-refractivity contribution in [3.63, 3.8) is 0 Å². The van der Waals surface area contributed by atoms with E-state index in [1.807, 2.05) is 22.9 Å². The lowest BCUT2D eigenvalue weighted by atomic mass is 10.1. The predicted octanol–water partition coefficient (Wildman–Crippen LogP) is 1.43. The number of imide groups is 1. The first-order valence-corrected chi connectivity index (χ1v) is 6.08. The number of amides is 2. The Balaban J connectivity index is 2.07. The van der Waals surface area contributed by atoms with Crippen molar-refractivity contribution >= 4 is 29.0 Å². The molecule has 1 unspecified atom stereocenters. The number of aromatic nitrogens is 1. The second-order valence-corrected chi connectivity index (χ2v) is 4.63. The molecule has 1 aromatic carbocycles. The van der Waals surface area contributed by atoms with Crippen LogP contribution in [0.15, 0.2) is 30.5 Å². The molecule has 1 N–H and O–H groups in total. The van der Waals surface area contributed by atoms with Crippen LogP contribution in [0.3, 0.4) is 0 Å². The molecule has 0 bridgehead atoms. The average molecular weight is 256 g/mol. The lowest BCUT2D eigenvalue weighted by Crippen LogP contribution is -2.41. The molecule has 2 amide bonds. The minimum absolute atomic E-state index is 0.230. The van der Waals surface area contributed by atoms with Crippen LogP contribution >= 0.6 is 0 Å². The summed E-state index contributed by atoms with van der Waals surface area (Å²) in [6.45, 7) is 0. The number of benzene rings is 1. The van der Waals surface area contributed by atoms with E-state index < -0.39 is 6.04 Å². The van der Waals surface area contributed by atoms with Gasteiger partial charge in [0, 0.05) is 23.7 Å². The summed E-state index contributed by atoms with van der Waals surface area (Å²) in [6.07, 6.45) is 3.42. The summed E-state index contributed by atoms with van der Waals surface area (Å²) in [5.74, 6) is -0.517. The number of carbonyl (C=O) groups is 3. The summed E-state index contributed by atoms with van der Waals surface area (Å²) in [5.41, 5.74) is 1.40. The molecule has 0 radical (unpaired) electrons. The standard InChI is InChI=1S/C14H12N2O3/c17-8-9-1-2-10-5-6-16(12(10)7-9)11-3-4-13(18)15-14(11)19/h1-2,5-8,11H,3-4H2,(H,15,18,19). The van der Waals surface area contributed by atoms with Crippen LogP contribution in [0.25, 0.3) is 10.9 Å². The molecule has 96 valence electrons. The van der Waals surface area contributed by atoms with Gasteiger partial charge < -0.3 is 4.57 Å². The number of piperidine rings is 1. The summed E-state index contributed by atoms with van der Waals surface area (Å²) in [4.78, 5) is 33.9. The van der Waals surface area contributed by atoms with Gasteiger partial charge in [-0.2, -0.15) is 0 Å². The van der Waals surface area contributed by atoms with Gasteiger partial charge in [-0.1, -0.05) is 12.1 Å². The zero-order valence-corrected chi connectivity index (χ0v) is 10.1. The van der Waals surface area contributed by atoms with E-state index >= 15 is 0 Å². The van der Waals surface area contributed by atoms with Gasteiger partial charge >= 0.3 is 0 Å². The summed E-state index contributed by atoms with van der Waals surface area (Å²) in [5, 5.41) is 3.31. The second kappa shape index (κ2) is 4.35. The quantitative estimate of drug-likeness (QED) is 0.653. The monoisotopic (exact) mass is 256 g/mol. The summed E-state index contributed by atoms with van der Waals surface area (Å²) >= 11 is 0. The Morgan fingerprint density at radius 2 is 2.11 bits per heavy atom. The van der Waals surface area contributed by atoms with Crippen LogP contribution in [0.4, 0.5) is 0 Å². The zero-order chi connectivity index (χ0) is 13.4. The van der Waals surface area contributed by atoms with E-state index in [1.165, 1.54) is 0 Å². The van der Waals surface area contributed by atoms with Crippen molar-refractivity contribution in [2.24, 2.45) is 0 Å². The van der Waals surface area contributed by atoms with Crippen molar-refractivity contribution in [2.45, 2.75) is 18.9 Å². The van der Waals surface area contributed by atoms with E-state index in [9.17, 15) is 14.4 Å². The minimum Gasteiger partial charge on any atom is -0.335 e. The number of hydrogen-bond donors (Lipinski definition) is 1. The number of hydrogen-bond acceptors (Lipinski definition) is 3. The van der Waals surface area contributed by atoms with E-state index in [0.717, 1.165) is 17.2 Å². The summed E-state index contributed by atoms with van der Waals surface area (Å²) < 4.78 is 1.82. The van der Waals surface area contributed by atoms with Crippen LogP contribution in [0.1, 0.15) is 29.2 Å². The third-order valence-corrected chi connectivity index (χ3v) is 3.43. The van der Waals surface area contributed by atoms with Crippen molar-refractivity contribution in [2.75, 3.05) is 0 Å². The SMILES string of the molecule is O=Cc1ccc2ccn(C3CCC(=O)NC3=O)c2c1. The first-order valence-electron chi connectivity index (χ1n) is 6.08. The number of nitrogens with one attached hydrogen (secondary N) is 1. The average Bonchev–Trinajstić information content (AvgIpc) is 2.81. The number of nitrogens with zero attached hydrogens (tertiary/aromatic N) is 1. The smallest absolute Gasteiger partial charge is 0.249 e. The number of aldehydes is 1. The Bertz CT molecular complexity index is 687. The Morgan fingerprint density at radius 3 is 2.84 bits per heavy atom. The third-order valence-electron chi connectivity index (χ3n) is 3.43. The van der Waals surface area contributed by atoms with Gasteiger partial charge in [-0.25, -0.2) is 0 Å². The highest BCUT2D eigenvalue weighted by molar-refractivity contribution is 6.00. The summed E-state index contributed by atoms with van der Waals surface area (Å²) in [7, 11) is 0. The summed E-state index contributed by atoms with van der Waals surface area (Å²) in [6, 6.07) is 6.85. The Labute approximate surface area is 109 Å². The van der Waals surface area contributed by atoms with Crippen LogP contribution in [0, 0.1) is 0 Å². The Kier molecular flexibility index (Phi) is 2.67. The molecule has 0 saturated carbocycles. The molecule has 1 saturated heterocycles. The maximum absolute atomic E-state index is 11.9. The predicted molar refractivity (Wildman–Crippen MR) is 68.7 cm³/mol. The van der Waals surface area contributed by atoms with Crippen LogP contribution in [-0.2, 0) is 9.59 Å². The molecule has 0 spiro atoms. The molecule has 1 aromatic heterocycles. The van der Waals surface area contributed by atoms with Crippen molar-refractivity contribution in [1.29, 1.82) is 0 Å². The van der Waals surface area contributed by atoms with Crippen molar-refractivity contribution in [1.82, 2.24) is 9.88 Å². The van der Waals surface area contributed by atoms with E-state index in [-0.39, 0.29) is 11.8 Å². The van der Waals surface area contributed by atoms with Gasteiger partial charge in [0.05, 0.1) is 0 Å². The minimum atomic E-state index is -0.392. The molecule has 2 aromatic rings. The maximum Gasteiger partial charge on any atom is 0.249 e. The van der Waals surface area contributed by atoms with Crippen LogP contribution in [0.2, 0.25) is 0 Å². The second-order valence-electron chi connectivity index (χ2n) is 4.63. The van der Waals surface area contributed by atoms with Gasteiger partial charge in [-0.05, 0) is 23.9 Å². The topological polar surface area (TPSA) is 68.2 Å².